The zero-order valence-electron chi connectivity index (χ0n) is 20.6. The Morgan fingerprint density at radius 2 is 1.59 bits per heavy atom. The maximum atomic E-state index is 13.4. The van der Waals surface area contributed by atoms with Gasteiger partial charge in [-0.05, 0) is 40.3 Å². The van der Waals surface area contributed by atoms with Crippen LogP contribution in [-0.2, 0) is 11.3 Å². The molecule has 4 nitrogen and oxygen atoms in total. The molecule has 2 aliphatic rings. The Bertz CT molecular complexity index is 1330. The van der Waals surface area contributed by atoms with Crippen molar-refractivity contribution in [1.82, 2.24) is 9.80 Å². The number of nitrogens with zero attached hydrogens (tertiary/aromatic N) is 2. The first-order valence-electron chi connectivity index (χ1n) is 12.4. The van der Waals surface area contributed by atoms with Gasteiger partial charge in [0.15, 0.2) is 0 Å². The molecule has 3 aromatic rings. The summed E-state index contributed by atoms with van der Waals surface area (Å²) in [6.07, 6.45) is 5.09. The number of ether oxygens (including phenoxy) is 1. The molecule has 0 bridgehead atoms. The predicted molar refractivity (Wildman–Crippen MR) is 140 cm³/mol. The molecular formula is C29H27BF3N2O2-. The van der Waals surface area contributed by atoms with E-state index in [1.165, 1.54) is 17.2 Å². The van der Waals surface area contributed by atoms with Crippen LogP contribution in [-0.4, -0.2) is 55.7 Å². The lowest BCUT2D eigenvalue weighted by Crippen LogP contribution is -2.48. The van der Waals surface area contributed by atoms with E-state index < -0.39 is 12.4 Å². The number of carbonyl (C=O) groups is 1. The van der Waals surface area contributed by atoms with Crippen molar-refractivity contribution in [1.29, 1.82) is 0 Å². The van der Waals surface area contributed by atoms with Crippen LogP contribution in [0.5, 0.6) is 0 Å². The molecule has 1 saturated heterocycles. The molecule has 0 atom stereocenters. The molecule has 3 aromatic carbocycles. The third-order valence-corrected chi connectivity index (χ3v) is 7.43. The SMILES string of the molecule is C#Cc1cc([B-](F)(F)F)cc(CN2CCN(C(=O)OCC3c4ccccc4-c4ccccc43)CC2)c1C. The molecule has 1 heterocycles. The molecule has 0 N–H and O–H groups in total. The third kappa shape index (κ3) is 4.96. The van der Waals surface area contributed by atoms with E-state index >= 15 is 0 Å². The topological polar surface area (TPSA) is 32.8 Å². The highest BCUT2D eigenvalue weighted by Gasteiger charge is 2.31. The number of benzene rings is 3. The molecule has 37 heavy (non-hydrogen) atoms. The van der Waals surface area contributed by atoms with E-state index in [-0.39, 0.29) is 24.2 Å². The number of hydrogen-bond donors (Lipinski definition) is 0. The maximum Gasteiger partial charge on any atom is 0.509 e. The van der Waals surface area contributed by atoms with Gasteiger partial charge in [0.05, 0.1) is 0 Å². The van der Waals surface area contributed by atoms with Crippen LogP contribution in [0.3, 0.4) is 0 Å². The summed E-state index contributed by atoms with van der Waals surface area (Å²) in [5.74, 6) is 2.37. The monoisotopic (exact) mass is 503 g/mol. The summed E-state index contributed by atoms with van der Waals surface area (Å²) < 4.78 is 46.0. The standard InChI is InChI=1S/C29H27BF3N2O2/c1-3-21-16-23(30(31,32)33)17-22(20(21)2)18-34-12-14-35(15-13-34)29(36)37-19-28-26-10-6-4-8-24(26)25-9-5-7-11-27(25)28/h1,4-11,16-17,28H,12-15,18-19H2,2H3/q-1. The summed E-state index contributed by atoms with van der Waals surface area (Å²) in [5.41, 5.74) is 5.51. The summed E-state index contributed by atoms with van der Waals surface area (Å²) in [6.45, 7) is -0.818. The summed E-state index contributed by atoms with van der Waals surface area (Å²) in [4.78, 5) is 16.6. The van der Waals surface area contributed by atoms with Crippen molar-refractivity contribution in [3.05, 3.63) is 88.5 Å². The van der Waals surface area contributed by atoms with Crippen molar-refractivity contribution in [2.45, 2.75) is 19.4 Å². The summed E-state index contributed by atoms with van der Waals surface area (Å²) in [6, 6.07) is 18.6. The molecule has 1 aliphatic carbocycles. The van der Waals surface area contributed by atoms with Crippen LogP contribution < -0.4 is 5.46 Å². The minimum atomic E-state index is -5.14. The number of carbonyl (C=O) groups excluding carboxylic acids is 1. The Kier molecular flexibility index (Phi) is 6.74. The quantitative estimate of drug-likeness (QED) is 0.359. The van der Waals surface area contributed by atoms with Gasteiger partial charge in [-0.15, -0.1) is 11.9 Å². The van der Waals surface area contributed by atoms with Gasteiger partial charge in [-0.3, -0.25) is 4.90 Å². The Hall–Kier alpha value is -3.70. The number of hydrogen-bond acceptors (Lipinski definition) is 3. The molecule has 5 rings (SSSR count). The van der Waals surface area contributed by atoms with Gasteiger partial charge in [0.25, 0.3) is 0 Å². The minimum Gasteiger partial charge on any atom is -0.448 e. The average Bonchev–Trinajstić information content (AvgIpc) is 3.22. The van der Waals surface area contributed by atoms with Crippen molar-refractivity contribution in [3.8, 4) is 23.5 Å². The molecule has 0 radical (unpaired) electrons. The number of amides is 1. The normalized spacial score (nSPS) is 15.7. The zero-order valence-corrected chi connectivity index (χ0v) is 20.6. The van der Waals surface area contributed by atoms with E-state index in [2.05, 4.69) is 30.2 Å². The zero-order chi connectivity index (χ0) is 26.2. The number of rotatable bonds is 5. The number of fused-ring (bicyclic) bond motifs is 3. The third-order valence-electron chi connectivity index (χ3n) is 7.43. The van der Waals surface area contributed by atoms with Crippen molar-refractivity contribution in [3.63, 3.8) is 0 Å². The molecule has 0 spiro atoms. The van der Waals surface area contributed by atoms with Crippen molar-refractivity contribution in [2.75, 3.05) is 32.8 Å². The van der Waals surface area contributed by atoms with Crippen molar-refractivity contribution in [2.24, 2.45) is 0 Å². The second-order valence-electron chi connectivity index (χ2n) is 9.64. The highest BCUT2D eigenvalue weighted by molar-refractivity contribution is 6.73. The Morgan fingerprint density at radius 1 is 1.00 bits per heavy atom. The molecule has 1 aliphatic heterocycles. The van der Waals surface area contributed by atoms with E-state index in [0.717, 1.165) is 17.2 Å². The molecule has 0 aromatic heterocycles. The minimum absolute atomic E-state index is 0.00604. The van der Waals surface area contributed by atoms with Gasteiger partial charge in [-0.1, -0.05) is 66.6 Å². The Labute approximate surface area is 215 Å². The lowest BCUT2D eigenvalue weighted by Gasteiger charge is -2.35. The molecule has 0 saturated carbocycles. The van der Waals surface area contributed by atoms with Crippen molar-refractivity contribution < 1.29 is 22.5 Å². The van der Waals surface area contributed by atoms with Crippen LogP contribution in [0.4, 0.5) is 17.7 Å². The summed E-state index contributed by atoms with van der Waals surface area (Å²) in [5, 5.41) is 0. The van der Waals surface area contributed by atoms with Gasteiger partial charge in [-0.2, -0.15) is 0 Å². The molecular weight excluding hydrogens is 476 g/mol. The number of piperazine rings is 1. The largest absolute Gasteiger partial charge is 0.509 e. The first-order chi connectivity index (χ1) is 17.8. The van der Waals surface area contributed by atoms with Gasteiger partial charge < -0.3 is 22.6 Å². The second kappa shape index (κ2) is 9.99. The van der Waals surface area contributed by atoms with E-state index in [1.54, 1.807) is 11.8 Å². The Morgan fingerprint density at radius 3 is 2.16 bits per heavy atom. The van der Waals surface area contributed by atoms with Gasteiger partial charge >= 0.3 is 13.1 Å². The van der Waals surface area contributed by atoms with Crippen LogP contribution >= 0.6 is 0 Å². The first-order valence-corrected chi connectivity index (χ1v) is 12.4. The van der Waals surface area contributed by atoms with Crippen LogP contribution in [0.1, 0.15) is 33.7 Å². The van der Waals surface area contributed by atoms with E-state index in [1.807, 2.05) is 29.2 Å². The second-order valence-corrected chi connectivity index (χ2v) is 9.64. The van der Waals surface area contributed by atoms with E-state index in [9.17, 15) is 17.7 Å². The maximum absolute atomic E-state index is 13.4. The van der Waals surface area contributed by atoms with Crippen LogP contribution in [0.15, 0.2) is 60.7 Å². The molecule has 190 valence electrons. The van der Waals surface area contributed by atoms with E-state index in [4.69, 9.17) is 11.2 Å². The fraction of sp³-hybridized carbons (Fsp3) is 0.276. The van der Waals surface area contributed by atoms with Crippen molar-refractivity contribution >= 4 is 18.5 Å². The fourth-order valence-electron chi connectivity index (χ4n) is 5.32. The fourth-order valence-corrected chi connectivity index (χ4v) is 5.32. The smallest absolute Gasteiger partial charge is 0.448 e. The van der Waals surface area contributed by atoms with Gasteiger partial charge in [0.2, 0.25) is 0 Å². The van der Waals surface area contributed by atoms with Crippen LogP contribution in [0, 0.1) is 19.3 Å². The lowest BCUT2D eigenvalue weighted by molar-refractivity contribution is 0.0728. The highest BCUT2D eigenvalue weighted by atomic mass is 19.4. The number of terminal acetylenes is 1. The van der Waals surface area contributed by atoms with Gasteiger partial charge in [-0.25, -0.2) is 4.79 Å². The summed E-state index contributed by atoms with van der Waals surface area (Å²) >= 11 is 0. The highest BCUT2D eigenvalue weighted by Crippen LogP contribution is 2.44. The lowest BCUT2D eigenvalue weighted by atomic mass is 9.77. The summed E-state index contributed by atoms with van der Waals surface area (Å²) in [7, 11) is 0. The van der Waals surface area contributed by atoms with Gasteiger partial charge in [0, 0.05) is 44.2 Å². The van der Waals surface area contributed by atoms with Crippen LogP contribution in [0.2, 0.25) is 0 Å². The molecule has 1 amide bonds. The Balaban J connectivity index is 1.20. The first kappa shape index (κ1) is 25.0. The predicted octanol–water partition coefficient (Wildman–Crippen LogP) is 5.10. The number of halogens is 3. The molecule has 8 heteroatoms. The van der Waals surface area contributed by atoms with Gasteiger partial charge in [0.1, 0.15) is 6.61 Å². The van der Waals surface area contributed by atoms with E-state index in [0.29, 0.717) is 43.9 Å². The molecule has 1 fully saturated rings. The molecule has 0 unspecified atom stereocenters. The van der Waals surface area contributed by atoms with Crippen LogP contribution in [0.25, 0.3) is 11.1 Å². The average molecular weight is 503 g/mol.